The molecule has 3 rings (SSSR count). The van der Waals surface area contributed by atoms with Gasteiger partial charge in [0.2, 0.25) is 0 Å². The second-order valence-electron chi connectivity index (χ2n) is 6.03. The Hall–Kier alpha value is -2.80. The molecule has 26 heavy (non-hydrogen) atoms. The molecule has 2 heterocycles. The minimum atomic E-state index is -0.900. The van der Waals surface area contributed by atoms with E-state index >= 15 is 0 Å². The molecule has 1 fully saturated rings. The SMILES string of the molecule is COc1cccc([C@H](C(=O)O)N2CCN(c3ccccn3)CC2)c1OC. The Kier molecular flexibility index (Phi) is 5.58. The van der Waals surface area contributed by atoms with Crippen LogP contribution in [0.2, 0.25) is 0 Å². The van der Waals surface area contributed by atoms with Crippen LogP contribution in [-0.2, 0) is 4.79 Å². The number of carboxylic acids is 1. The fourth-order valence-corrected chi connectivity index (χ4v) is 3.36. The molecule has 1 aliphatic rings. The summed E-state index contributed by atoms with van der Waals surface area (Å²) < 4.78 is 10.8. The van der Waals surface area contributed by atoms with Crippen molar-refractivity contribution in [3.8, 4) is 11.5 Å². The van der Waals surface area contributed by atoms with Crippen molar-refractivity contribution in [3.05, 3.63) is 48.2 Å². The number of carbonyl (C=O) groups is 1. The van der Waals surface area contributed by atoms with Crippen molar-refractivity contribution >= 4 is 11.8 Å². The summed E-state index contributed by atoms with van der Waals surface area (Å²) in [4.78, 5) is 20.5. The van der Waals surface area contributed by atoms with Gasteiger partial charge >= 0.3 is 5.97 Å². The lowest BCUT2D eigenvalue weighted by Gasteiger charge is -2.38. The quantitative estimate of drug-likeness (QED) is 0.848. The van der Waals surface area contributed by atoms with E-state index in [1.807, 2.05) is 23.1 Å². The molecule has 0 unspecified atom stereocenters. The monoisotopic (exact) mass is 357 g/mol. The Morgan fingerprint density at radius 1 is 1.08 bits per heavy atom. The molecular weight excluding hydrogens is 334 g/mol. The highest BCUT2D eigenvalue weighted by atomic mass is 16.5. The van der Waals surface area contributed by atoms with Gasteiger partial charge in [-0.3, -0.25) is 9.69 Å². The van der Waals surface area contributed by atoms with Gasteiger partial charge in [-0.1, -0.05) is 18.2 Å². The predicted octanol–water partition coefficient (Wildman–Crippen LogP) is 2.05. The highest BCUT2D eigenvalue weighted by Gasteiger charge is 2.33. The van der Waals surface area contributed by atoms with Crippen LogP contribution in [-0.4, -0.2) is 61.4 Å². The van der Waals surface area contributed by atoms with Crippen molar-refractivity contribution in [2.45, 2.75) is 6.04 Å². The zero-order valence-electron chi connectivity index (χ0n) is 15.0. The maximum Gasteiger partial charge on any atom is 0.325 e. The lowest BCUT2D eigenvalue weighted by atomic mass is 10.0. The van der Waals surface area contributed by atoms with E-state index < -0.39 is 12.0 Å². The highest BCUT2D eigenvalue weighted by molar-refractivity contribution is 5.77. The summed E-state index contributed by atoms with van der Waals surface area (Å²) in [6, 6.07) is 10.4. The van der Waals surface area contributed by atoms with E-state index in [4.69, 9.17) is 9.47 Å². The number of carboxylic acid groups (broad SMARTS) is 1. The van der Waals surface area contributed by atoms with Crippen molar-refractivity contribution in [2.75, 3.05) is 45.3 Å². The number of aromatic nitrogens is 1. The summed E-state index contributed by atoms with van der Waals surface area (Å²) in [5.41, 5.74) is 0.602. The van der Waals surface area contributed by atoms with E-state index in [9.17, 15) is 9.90 Å². The molecule has 0 bridgehead atoms. The molecule has 1 atom stereocenters. The van der Waals surface area contributed by atoms with Crippen LogP contribution in [0.25, 0.3) is 0 Å². The van der Waals surface area contributed by atoms with E-state index in [2.05, 4.69) is 9.88 Å². The second kappa shape index (κ2) is 8.05. The molecule has 1 aromatic heterocycles. The number of para-hydroxylation sites is 1. The zero-order chi connectivity index (χ0) is 18.5. The van der Waals surface area contributed by atoms with Crippen molar-refractivity contribution in [3.63, 3.8) is 0 Å². The Morgan fingerprint density at radius 3 is 2.42 bits per heavy atom. The summed E-state index contributed by atoms with van der Waals surface area (Å²) in [5, 5.41) is 9.88. The van der Waals surface area contributed by atoms with Crippen LogP contribution in [0.5, 0.6) is 11.5 Å². The van der Waals surface area contributed by atoms with Crippen LogP contribution in [0.1, 0.15) is 11.6 Å². The Labute approximate surface area is 152 Å². The van der Waals surface area contributed by atoms with Crippen LogP contribution in [0, 0.1) is 0 Å². The Morgan fingerprint density at radius 2 is 1.85 bits per heavy atom. The number of rotatable bonds is 6. The number of methoxy groups -OCH3 is 2. The minimum Gasteiger partial charge on any atom is -0.493 e. The van der Waals surface area contributed by atoms with Crippen LogP contribution in [0.4, 0.5) is 5.82 Å². The molecular formula is C19H23N3O4. The maximum absolute atomic E-state index is 12.1. The molecule has 0 aliphatic carbocycles. The normalized spacial score (nSPS) is 16.2. The topological polar surface area (TPSA) is 75.1 Å². The maximum atomic E-state index is 12.1. The molecule has 1 aromatic carbocycles. The lowest BCUT2D eigenvalue weighted by molar-refractivity contribution is -0.143. The molecule has 7 nitrogen and oxygen atoms in total. The van der Waals surface area contributed by atoms with Crippen LogP contribution >= 0.6 is 0 Å². The first-order valence-electron chi connectivity index (χ1n) is 8.49. The number of piperazine rings is 1. The zero-order valence-corrected chi connectivity index (χ0v) is 15.0. The third-order valence-corrected chi connectivity index (χ3v) is 4.61. The van der Waals surface area contributed by atoms with Gasteiger partial charge in [0.15, 0.2) is 11.5 Å². The molecule has 7 heteroatoms. The van der Waals surface area contributed by atoms with Gasteiger partial charge in [-0.05, 0) is 18.2 Å². The summed E-state index contributed by atoms with van der Waals surface area (Å²) in [6.07, 6.45) is 1.77. The average Bonchev–Trinajstić information content (AvgIpc) is 2.69. The largest absolute Gasteiger partial charge is 0.493 e. The van der Waals surface area contributed by atoms with Crippen molar-refractivity contribution in [1.29, 1.82) is 0 Å². The average molecular weight is 357 g/mol. The standard InChI is InChI=1S/C19H23N3O4/c1-25-15-7-5-6-14(18(15)26-2)17(19(23)24)22-12-10-21(11-13-22)16-8-3-4-9-20-16/h3-9,17H,10-13H2,1-2H3,(H,23,24)/t17-/m1/s1. The van der Waals surface area contributed by atoms with Crippen LogP contribution < -0.4 is 14.4 Å². The Bertz CT molecular complexity index is 746. The first-order valence-corrected chi connectivity index (χ1v) is 8.49. The molecule has 0 spiro atoms. The molecule has 1 aliphatic heterocycles. The molecule has 0 saturated carbocycles. The van der Waals surface area contributed by atoms with Gasteiger partial charge in [-0.25, -0.2) is 4.98 Å². The molecule has 2 aromatic rings. The van der Waals surface area contributed by atoms with E-state index in [1.165, 1.54) is 7.11 Å². The predicted molar refractivity (Wildman–Crippen MR) is 97.9 cm³/mol. The van der Waals surface area contributed by atoms with E-state index in [1.54, 1.807) is 31.5 Å². The molecule has 138 valence electrons. The molecule has 1 N–H and O–H groups in total. The lowest BCUT2D eigenvalue weighted by Crippen LogP contribution is -2.49. The minimum absolute atomic E-state index is 0.467. The van der Waals surface area contributed by atoms with Crippen molar-refractivity contribution in [2.24, 2.45) is 0 Å². The summed E-state index contributed by atoms with van der Waals surface area (Å²) in [7, 11) is 3.07. The van der Waals surface area contributed by atoms with Gasteiger partial charge in [0, 0.05) is 37.9 Å². The van der Waals surface area contributed by atoms with Crippen LogP contribution in [0.3, 0.4) is 0 Å². The number of nitrogens with zero attached hydrogens (tertiary/aromatic N) is 3. The number of anilines is 1. The summed E-state index contributed by atoms with van der Waals surface area (Å²) in [5.74, 6) is 1.01. The fraction of sp³-hybridized carbons (Fsp3) is 0.368. The molecule has 0 radical (unpaired) electrons. The Balaban J connectivity index is 1.81. The first-order chi connectivity index (χ1) is 12.7. The summed E-state index contributed by atoms with van der Waals surface area (Å²) >= 11 is 0. The third kappa shape index (κ3) is 3.57. The number of benzene rings is 1. The first kappa shape index (κ1) is 18.0. The van der Waals surface area contributed by atoms with E-state index in [-0.39, 0.29) is 0 Å². The number of aliphatic carboxylic acids is 1. The smallest absolute Gasteiger partial charge is 0.325 e. The third-order valence-electron chi connectivity index (χ3n) is 4.61. The number of hydrogen-bond donors (Lipinski definition) is 1. The van der Waals surface area contributed by atoms with E-state index in [0.29, 0.717) is 43.2 Å². The van der Waals surface area contributed by atoms with Crippen molar-refractivity contribution < 1.29 is 19.4 Å². The number of ether oxygens (including phenoxy) is 2. The molecule has 1 saturated heterocycles. The van der Waals surface area contributed by atoms with Crippen LogP contribution in [0.15, 0.2) is 42.6 Å². The van der Waals surface area contributed by atoms with Gasteiger partial charge < -0.3 is 19.5 Å². The van der Waals surface area contributed by atoms with Gasteiger partial charge in [-0.15, -0.1) is 0 Å². The van der Waals surface area contributed by atoms with Crippen molar-refractivity contribution in [1.82, 2.24) is 9.88 Å². The number of pyridine rings is 1. The fourth-order valence-electron chi connectivity index (χ4n) is 3.36. The highest BCUT2D eigenvalue weighted by Crippen LogP contribution is 2.37. The second-order valence-corrected chi connectivity index (χ2v) is 6.03. The molecule has 0 amide bonds. The van der Waals surface area contributed by atoms with Gasteiger partial charge in [0.05, 0.1) is 14.2 Å². The van der Waals surface area contributed by atoms with Gasteiger partial charge in [0.25, 0.3) is 0 Å². The number of hydrogen-bond acceptors (Lipinski definition) is 6. The van der Waals surface area contributed by atoms with Gasteiger partial charge in [-0.2, -0.15) is 0 Å². The van der Waals surface area contributed by atoms with Gasteiger partial charge in [0.1, 0.15) is 11.9 Å². The van der Waals surface area contributed by atoms with E-state index in [0.717, 1.165) is 5.82 Å². The summed E-state index contributed by atoms with van der Waals surface area (Å²) in [6.45, 7) is 2.67.